The van der Waals surface area contributed by atoms with Gasteiger partial charge in [0.05, 0.1) is 33.3 Å². The third-order valence-electron chi connectivity index (χ3n) is 7.62. The third kappa shape index (κ3) is 6.04. The number of piperidine rings is 1. The zero-order valence-electron chi connectivity index (χ0n) is 23.3. The molecule has 204 valence electrons. The summed E-state index contributed by atoms with van der Waals surface area (Å²) in [6, 6.07) is 19.2. The Morgan fingerprint density at radius 2 is 1.79 bits per heavy atom. The maximum Gasteiger partial charge on any atom is 0.161 e. The second-order valence-corrected chi connectivity index (χ2v) is 10.2. The van der Waals surface area contributed by atoms with Gasteiger partial charge in [-0.25, -0.2) is 4.98 Å². The first kappa shape index (κ1) is 26.6. The summed E-state index contributed by atoms with van der Waals surface area (Å²) in [5, 5.41) is 5.04. The van der Waals surface area contributed by atoms with Crippen LogP contribution >= 0.6 is 0 Å². The van der Waals surface area contributed by atoms with E-state index in [2.05, 4.69) is 70.4 Å². The molecular weight excluding hydrogens is 488 g/mol. The van der Waals surface area contributed by atoms with Gasteiger partial charge in [-0.15, -0.1) is 0 Å². The van der Waals surface area contributed by atoms with E-state index in [1.54, 1.807) is 27.6 Å². The van der Waals surface area contributed by atoms with Gasteiger partial charge in [-0.05, 0) is 54.3 Å². The van der Waals surface area contributed by atoms with Gasteiger partial charge in [0.25, 0.3) is 0 Å². The van der Waals surface area contributed by atoms with Crippen LogP contribution in [0, 0.1) is 5.92 Å². The fourth-order valence-corrected chi connectivity index (χ4v) is 5.38. The van der Waals surface area contributed by atoms with Crippen molar-refractivity contribution in [3.05, 3.63) is 89.9 Å². The van der Waals surface area contributed by atoms with E-state index in [0.717, 1.165) is 65.4 Å². The number of aromatic nitrogens is 2. The Hall–Kier alpha value is -3.97. The number of pyridine rings is 1. The van der Waals surface area contributed by atoms with E-state index in [1.165, 1.54) is 5.56 Å². The van der Waals surface area contributed by atoms with E-state index in [4.69, 9.17) is 19.2 Å². The Bertz CT molecular complexity index is 1420. The number of methoxy groups -OCH3 is 3. The molecule has 3 heterocycles. The van der Waals surface area contributed by atoms with Crippen molar-refractivity contribution in [2.75, 3.05) is 39.7 Å². The Morgan fingerprint density at radius 1 is 0.974 bits per heavy atom. The number of anilines is 1. The number of hydrogen-bond acceptors (Lipinski definition) is 6. The normalized spacial score (nSPS) is 17.9. The smallest absolute Gasteiger partial charge is 0.161 e. The average molecular weight is 527 g/mol. The van der Waals surface area contributed by atoms with Crippen LogP contribution in [0.3, 0.4) is 0 Å². The standard InChI is InChI=1S/C32H38N4O3/c1-23-12-15-35(20-24-8-6-5-7-9-24)22-28(23)34-31-26(14-17-37-2)19-33-32-27(31)13-16-36(32)21-25-10-11-29(38-3)30(18-25)39-4/h5-11,13-14,16-19,23,28H,12,15,20-22H2,1-4H3,(H,33,34)/t23-,28+/m1/s1. The Morgan fingerprint density at radius 3 is 2.56 bits per heavy atom. The van der Waals surface area contributed by atoms with Crippen molar-refractivity contribution in [3.8, 4) is 11.5 Å². The predicted octanol–water partition coefficient (Wildman–Crippen LogP) is 6.04. The molecule has 5 rings (SSSR count). The molecule has 1 aliphatic rings. The first-order valence-corrected chi connectivity index (χ1v) is 13.5. The van der Waals surface area contributed by atoms with Crippen LogP contribution < -0.4 is 14.8 Å². The van der Waals surface area contributed by atoms with E-state index in [1.807, 2.05) is 24.4 Å². The fraction of sp³-hybridized carbons (Fsp3) is 0.344. The van der Waals surface area contributed by atoms with Gasteiger partial charge in [0.1, 0.15) is 5.65 Å². The van der Waals surface area contributed by atoms with Gasteiger partial charge < -0.3 is 24.1 Å². The highest BCUT2D eigenvalue weighted by molar-refractivity contribution is 5.94. The average Bonchev–Trinajstić information content (AvgIpc) is 3.37. The quantitative estimate of drug-likeness (QED) is 0.254. The van der Waals surface area contributed by atoms with E-state index in [0.29, 0.717) is 18.5 Å². The molecule has 0 unspecified atom stereocenters. The van der Waals surface area contributed by atoms with Crippen molar-refractivity contribution in [2.45, 2.75) is 32.5 Å². The summed E-state index contributed by atoms with van der Waals surface area (Å²) in [5.74, 6) is 1.99. The van der Waals surface area contributed by atoms with E-state index >= 15 is 0 Å². The molecule has 1 aliphatic heterocycles. The molecule has 1 fully saturated rings. The molecule has 0 spiro atoms. The first-order chi connectivity index (χ1) is 19.1. The molecule has 0 bridgehead atoms. The molecule has 0 amide bonds. The molecule has 0 radical (unpaired) electrons. The van der Waals surface area contributed by atoms with Gasteiger partial charge in [0.2, 0.25) is 0 Å². The minimum Gasteiger partial charge on any atom is -0.504 e. The Kier molecular flexibility index (Phi) is 8.37. The number of ether oxygens (including phenoxy) is 3. The highest BCUT2D eigenvalue weighted by atomic mass is 16.5. The van der Waals surface area contributed by atoms with E-state index in [-0.39, 0.29) is 0 Å². The zero-order valence-corrected chi connectivity index (χ0v) is 23.3. The second kappa shape index (κ2) is 12.3. The van der Waals surface area contributed by atoms with Crippen LogP contribution in [0.1, 0.15) is 30.0 Å². The van der Waals surface area contributed by atoms with Crippen LogP contribution in [0.15, 0.2) is 73.3 Å². The lowest BCUT2D eigenvalue weighted by Gasteiger charge is -2.38. The molecule has 39 heavy (non-hydrogen) atoms. The molecule has 2 atom stereocenters. The number of nitrogens with zero attached hydrogens (tertiary/aromatic N) is 3. The fourth-order valence-electron chi connectivity index (χ4n) is 5.38. The highest BCUT2D eigenvalue weighted by Gasteiger charge is 2.27. The van der Waals surface area contributed by atoms with E-state index in [9.17, 15) is 0 Å². The molecular formula is C32H38N4O3. The van der Waals surface area contributed by atoms with Crippen molar-refractivity contribution >= 4 is 22.8 Å². The number of fused-ring (bicyclic) bond motifs is 1. The molecule has 7 nitrogen and oxygen atoms in total. The van der Waals surface area contributed by atoms with Crippen LogP contribution in [0.4, 0.5) is 5.69 Å². The molecule has 1 saturated heterocycles. The molecule has 2 aromatic heterocycles. The lowest BCUT2D eigenvalue weighted by molar-refractivity contribution is 0.170. The van der Waals surface area contributed by atoms with Crippen LogP contribution in [0.2, 0.25) is 0 Å². The molecule has 1 N–H and O–H groups in total. The number of hydrogen-bond donors (Lipinski definition) is 1. The van der Waals surface area contributed by atoms with Crippen molar-refractivity contribution in [3.63, 3.8) is 0 Å². The number of rotatable bonds is 10. The summed E-state index contributed by atoms with van der Waals surface area (Å²) >= 11 is 0. The first-order valence-electron chi connectivity index (χ1n) is 13.5. The van der Waals surface area contributed by atoms with Gasteiger partial charge in [-0.2, -0.15) is 0 Å². The Labute approximate surface area is 231 Å². The molecule has 2 aromatic carbocycles. The van der Waals surface area contributed by atoms with Crippen molar-refractivity contribution < 1.29 is 14.2 Å². The van der Waals surface area contributed by atoms with Gasteiger partial charge in [0.15, 0.2) is 11.5 Å². The summed E-state index contributed by atoms with van der Waals surface area (Å²) in [5.41, 5.74) is 5.51. The summed E-state index contributed by atoms with van der Waals surface area (Å²) in [7, 11) is 4.98. The zero-order chi connectivity index (χ0) is 27.2. The van der Waals surface area contributed by atoms with Gasteiger partial charge in [0, 0.05) is 49.0 Å². The highest BCUT2D eigenvalue weighted by Crippen LogP contribution is 2.33. The topological polar surface area (TPSA) is 60.8 Å². The maximum absolute atomic E-state index is 5.51. The second-order valence-electron chi connectivity index (χ2n) is 10.2. The van der Waals surface area contributed by atoms with Crippen LogP contribution in [0.5, 0.6) is 11.5 Å². The number of nitrogens with one attached hydrogen (secondary N) is 1. The monoisotopic (exact) mass is 526 g/mol. The number of benzene rings is 2. The van der Waals surface area contributed by atoms with Gasteiger partial charge in [-0.3, -0.25) is 4.90 Å². The minimum absolute atomic E-state index is 0.317. The maximum atomic E-state index is 5.51. The van der Waals surface area contributed by atoms with E-state index < -0.39 is 0 Å². The summed E-state index contributed by atoms with van der Waals surface area (Å²) in [6.45, 7) is 6.09. The summed E-state index contributed by atoms with van der Waals surface area (Å²) in [4.78, 5) is 7.41. The molecule has 0 aliphatic carbocycles. The SMILES string of the molecule is COC=Cc1cnc2c(ccn2Cc2ccc(OC)c(OC)c2)c1N[C@H]1CN(Cc2ccccc2)CC[C@H]1C. The summed E-state index contributed by atoms with van der Waals surface area (Å²) in [6.07, 6.45) is 8.88. The van der Waals surface area contributed by atoms with Crippen LogP contribution in [0.25, 0.3) is 17.1 Å². The van der Waals surface area contributed by atoms with Crippen molar-refractivity contribution in [1.29, 1.82) is 0 Å². The van der Waals surface area contributed by atoms with Crippen LogP contribution in [-0.4, -0.2) is 54.9 Å². The largest absolute Gasteiger partial charge is 0.504 e. The minimum atomic E-state index is 0.317. The number of likely N-dealkylation sites (tertiary alicyclic amines) is 1. The lowest BCUT2D eigenvalue weighted by Crippen LogP contribution is -2.46. The predicted molar refractivity (Wildman–Crippen MR) is 157 cm³/mol. The lowest BCUT2D eigenvalue weighted by atomic mass is 9.92. The molecule has 7 heteroatoms. The van der Waals surface area contributed by atoms with Crippen molar-refractivity contribution in [1.82, 2.24) is 14.5 Å². The van der Waals surface area contributed by atoms with Crippen molar-refractivity contribution in [2.24, 2.45) is 5.92 Å². The third-order valence-corrected chi connectivity index (χ3v) is 7.62. The Balaban J connectivity index is 1.43. The van der Waals surface area contributed by atoms with Gasteiger partial charge >= 0.3 is 0 Å². The summed E-state index contributed by atoms with van der Waals surface area (Å²) < 4.78 is 18.4. The van der Waals surface area contributed by atoms with Crippen LogP contribution in [-0.2, 0) is 17.8 Å². The van der Waals surface area contributed by atoms with Gasteiger partial charge in [-0.1, -0.05) is 43.3 Å². The molecule has 4 aromatic rings. The molecule has 0 saturated carbocycles.